The van der Waals surface area contributed by atoms with Crippen molar-refractivity contribution in [1.29, 1.82) is 0 Å². The van der Waals surface area contributed by atoms with E-state index in [2.05, 4.69) is 9.82 Å². The molecule has 21 heavy (non-hydrogen) atoms. The van der Waals surface area contributed by atoms with E-state index in [0.29, 0.717) is 12.3 Å². The van der Waals surface area contributed by atoms with Gasteiger partial charge >= 0.3 is 0 Å². The summed E-state index contributed by atoms with van der Waals surface area (Å²) in [5, 5.41) is 4.27. The van der Waals surface area contributed by atoms with Crippen molar-refractivity contribution >= 4 is 10.0 Å². The van der Waals surface area contributed by atoms with Crippen LogP contribution in [0.2, 0.25) is 0 Å². The van der Waals surface area contributed by atoms with E-state index in [0.717, 1.165) is 5.69 Å². The van der Waals surface area contributed by atoms with E-state index in [4.69, 9.17) is 4.74 Å². The Morgan fingerprint density at radius 3 is 2.62 bits per heavy atom. The number of hydrogen-bond acceptors (Lipinski definition) is 4. The summed E-state index contributed by atoms with van der Waals surface area (Å²) in [6.45, 7) is 3.73. The summed E-state index contributed by atoms with van der Waals surface area (Å²) in [4.78, 5) is 0.175. The first-order valence-electron chi connectivity index (χ1n) is 6.57. The molecule has 2 rings (SSSR count). The van der Waals surface area contributed by atoms with Crippen LogP contribution in [-0.4, -0.2) is 38.0 Å². The average molecular weight is 309 g/mol. The number of ether oxygens (including phenoxy) is 1. The second-order valence-electron chi connectivity index (χ2n) is 4.84. The number of sulfonamides is 1. The molecule has 0 saturated carbocycles. The molecule has 0 aliphatic heterocycles. The number of nitrogens with one attached hydrogen (secondary N) is 1. The number of methoxy groups -OCH3 is 1. The maximum atomic E-state index is 12.4. The second kappa shape index (κ2) is 6.38. The average Bonchev–Trinajstić information content (AvgIpc) is 2.82. The van der Waals surface area contributed by atoms with Crippen LogP contribution >= 0.6 is 0 Å². The van der Waals surface area contributed by atoms with Gasteiger partial charge < -0.3 is 4.74 Å². The van der Waals surface area contributed by atoms with Gasteiger partial charge in [0.15, 0.2) is 0 Å². The quantitative estimate of drug-likeness (QED) is 0.877. The third-order valence-corrected chi connectivity index (χ3v) is 4.63. The molecule has 114 valence electrons. The number of aromatic nitrogens is 2. The summed E-state index contributed by atoms with van der Waals surface area (Å²) in [7, 11) is -2.08. The van der Waals surface area contributed by atoms with Crippen LogP contribution in [0.5, 0.6) is 0 Å². The van der Waals surface area contributed by atoms with Crippen LogP contribution < -0.4 is 4.72 Å². The van der Waals surface area contributed by atoms with Gasteiger partial charge in [-0.3, -0.25) is 0 Å². The molecule has 2 aromatic rings. The molecule has 7 heteroatoms. The summed E-state index contributed by atoms with van der Waals surface area (Å²) in [6.07, 6.45) is 1.52. The number of para-hydroxylation sites is 1. The molecule has 1 heterocycles. The van der Waals surface area contributed by atoms with E-state index in [1.54, 1.807) is 18.5 Å². The fourth-order valence-corrected chi connectivity index (χ4v) is 3.43. The fourth-order valence-electron chi connectivity index (χ4n) is 2.03. The van der Waals surface area contributed by atoms with Gasteiger partial charge in [0.2, 0.25) is 10.0 Å². The zero-order chi connectivity index (χ0) is 15.5. The van der Waals surface area contributed by atoms with Crippen LogP contribution in [0.25, 0.3) is 5.69 Å². The van der Waals surface area contributed by atoms with Crippen molar-refractivity contribution in [2.75, 3.05) is 13.7 Å². The number of rotatable bonds is 6. The van der Waals surface area contributed by atoms with Crippen LogP contribution in [0, 0.1) is 6.92 Å². The lowest BCUT2D eigenvalue weighted by Crippen LogP contribution is -2.35. The lowest BCUT2D eigenvalue weighted by Gasteiger charge is -2.12. The molecule has 0 aliphatic rings. The molecule has 0 saturated heterocycles. The Morgan fingerprint density at radius 2 is 2.00 bits per heavy atom. The van der Waals surface area contributed by atoms with Crippen molar-refractivity contribution in [3.8, 4) is 5.69 Å². The summed E-state index contributed by atoms with van der Waals surface area (Å²) in [5.41, 5.74) is 1.27. The first kappa shape index (κ1) is 15.7. The van der Waals surface area contributed by atoms with E-state index in [1.165, 1.54) is 13.3 Å². The van der Waals surface area contributed by atoms with E-state index in [-0.39, 0.29) is 10.9 Å². The fraction of sp³-hybridized carbons (Fsp3) is 0.357. The second-order valence-corrected chi connectivity index (χ2v) is 6.52. The summed E-state index contributed by atoms with van der Waals surface area (Å²) in [5.74, 6) is 0. The normalized spacial score (nSPS) is 13.3. The van der Waals surface area contributed by atoms with Crippen LogP contribution in [0.3, 0.4) is 0 Å². The largest absolute Gasteiger partial charge is 0.383 e. The highest BCUT2D eigenvalue weighted by molar-refractivity contribution is 7.89. The van der Waals surface area contributed by atoms with Gasteiger partial charge in [0.05, 0.1) is 24.2 Å². The molecule has 0 bridgehead atoms. The standard InChI is InChI=1S/C14H19N3O3S/c1-11(10-20-3)16-21(18,19)14-9-17(15-12(14)2)13-7-5-4-6-8-13/h4-9,11,16H,10H2,1-3H3. The van der Waals surface area contributed by atoms with Crippen LogP contribution in [0.4, 0.5) is 0 Å². The predicted molar refractivity (Wildman–Crippen MR) is 80.0 cm³/mol. The SMILES string of the molecule is COCC(C)NS(=O)(=O)c1cn(-c2ccccc2)nc1C. The van der Waals surface area contributed by atoms with Gasteiger partial charge in [-0.1, -0.05) is 18.2 Å². The molecule has 1 unspecified atom stereocenters. The molecule has 1 atom stereocenters. The minimum Gasteiger partial charge on any atom is -0.383 e. The summed E-state index contributed by atoms with van der Waals surface area (Å²) in [6, 6.07) is 9.07. The maximum absolute atomic E-state index is 12.4. The molecular formula is C14H19N3O3S. The Hall–Kier alpha value is -1.70. The predicted octanol–water partition coefficient (Wildman–Crippen LogP) is 1.49. The number of hydrogen-bond donors (Lipinski definition) is 1. The molecule has 0 radical (unpaired) electrons. The summed E-state index contributed by atoms with van der Waals surface area (Å²) >= 11 is 0. The van der Waals surface area contributed by atoms with E-state index >= 15 is 0 Å². The lowest BCUT2D eigenvalue weighted by atomic mass is 10.3. The monoisotopic (exact) mass is 309 g/mol. The summed E-state index contributed by atoms with van der Waals surface area (Å²) < 4.78 is 33.8. The third kappa shape index (κ3) is 3.69. The van der Waals surface area contributed by atoms with Crippen molar-refractivity contribution in [2.45, 2.75) is 24.8 Å². The van der Waals surface area contributed by atoms with Gasteiger partial charge in [-0.05, 0) is 26.0 Å². The molecule has 0 aliphatic carbocycles. The van der Waals surface area contributed by atoms with Crippen molar-refractivity contribution in [3.63, 3.8) is 0 Å². The zero-order valence-corrected chi connectivity index (χ0v) is 13.1. The smallest absolute Gasteiger partial charge is 0.244 e. The Labute approximate surface area is 124 Å². The number of aryl methyl sites for hydroxylation is 1. The van der Waals surface area contributed by atoms with Crippen LogP contribution in [0.1, 0.15) is 12.6 Å². The van der Waals surface area contributed by atoms with Crippen LogP contribution in [0.15, 0.2) is 41.4 Å². The van der Waals surface area contributed by atoms with Gasteiger partial charge in [-0.15, -0.1) is 0 Å². The van der Waals surface area contributed by atoms with Gasteiger partial charge in [0.25, 0.3) is 0 Å². The number of benzene rings is 1. The zero-order valence-electron chi connectivity index (χ0n) is 12.3. The Kier molecular flexibility index (Phi) is 4.76. The van der Waals surface area contributed by atoms with Gasteiger partial charge in [0.1, 0.15) is 4.90 Å². The van der Waals surface area contributed by atoms with Crippen LogP contribution in [-0.2, 0) is 14.8 Å². The first-order chi connectivity index (χ1) is 9.94. The molecule has 1 aromatic heterocycles. The molecule has 0 amide bonds. The van der Waals surface area contributed by atoms with Crippen molar-refractivity contribution in [1.82, 2.24) is 14.5 Å². The first-order valence-corrected chi connectivity index (χ1v) is 8.05. The Bertz CT molecular complexity index is 696. The van der Waals surface area contributed by atoms with Gasteiger partial charge in [0, 0.05) is 13.2 Å². The minimum atomic E-state index is -3.61. The molecule has 1 aromatic carbocycles. The van der Waals surface area contributed by atoms with E-state index < -0.39 is 10.0 Å². The van der Waals surface area contributed by atoms with Crippen molar-refractivity contribution < 1.29 is 13.2 Å². The third-order valence-electron chi connectivity index (χ3n) is 2.94. The highest BCUT2D eigenvalue weighted by Gasteiger charge is 2.22. The highest BCUT2D eigenvalue weighted by atomic mass is 32.2. The maximum Gasteiger partial charge on any atom is 0.244 e. The van der Waals surface area contributed by atoms with Gasteiger partial charge in [-0.25, -0.2) is 17.8 Å². The molecular weight excluding hydrogens is 290 g/mol. The van der Waals surface area contributed by atoms with E-state index in [1.807, 2.05) is 30.3 Å². The van der Waals surface area contributed by atoms with E-state index in [9.17, 15) is 8.42 Å². The van der Waals surface area contributed by atoms with Gasteiger partial charge in [-0.2, -0.15) is 5.10 Å². The lowest BCUT2D eigenvalue weighted by molar-refractivity contribution is 0.180. The molecule has 1 N–H and O–H groups in total. The van der Waals surface area contributed by atoms with Crippen molar-refractivity contribution in [2.24, 2.45) is 0 Å². The topological polar surface area (TPSA) is 73.2 Å². The Balaban J connectivity index is 2.31. The molecule has 0 spiro atoms. The minimum absolute atomic E-state index is 0.175. The Morgan fingerprint density at radius 1 is 1.33 bits per heavy atom. The number of nitrogens with zero attached hydrogens (tertiary/aromatic N) is 2. The molecule has 6 nitrogen and oxygen atoms in total. The van der Waals surface area contributed by atoms with Crippen molar-refractivity contribution in [3.05, 3.63) is 42.2 Å². The molecule has 0 fully saturated rings. The highest BCUT2D eigenvalue weighted by Crippen LogP contribution is 2.16.